The van der Waals surface area contributed by atoms with E-state index in [9.17, 15) is 14.7 Å². The molecule has 1 saturated heterocycles. The van der Waals surface area contributed by atoms with Crippen LogP contribution in [0, 0.1) is 11.3 Å². The molecular weight excluding hydrogens is 368 g/mol. The van der Waals surface area contributed by atoms with Crippen molar-refractivity contribution in [1.82, 2.24) is 10.2 Å². The number of carbonyl (C=O) groups is 2. The summed E-state index contributed by atoms with van der Waals surface area (Å²) in [5.41, 5.74) is 6.39. The molecule has 5 N–H and O–H groups in total. The molecule has 158 valence electrons. The molecule has 0 aromatic heterocycles. The van der Waals surface area contributed by atoms with Crippen LogP contribution in [-0.2, 0) is 16.1 Å². The molecule has 0 unspecified atom stereocenters. The monoisotopic (exact) mass is 400 g/mol. The van der Waals surface area contributed by atoms with Crippen molar-refractivity contribution >= 4 is 17.6 Å². The van der Waals surface area contributed by atoms with Crippen LogP contribution >= 0.6 is 0 Å². The van der Waals surface area contributed by atoms with Gasteiger partial charge in [0.1, 0.15) is 17.6 Å². The predicted molar refractivity (Wildman–Crippen MR) is 112 cm³/mol. The Morgan fingerprint density at radius 1 is 1.17 bits per heavy atom. The van der Waals surface area contributed by atoms with E-state index in [1.54, 1.807) is 17.0 Å². The molecule has 0 spiro atoms. The Morgan fingerprint density at radius 2 is 1.93 bits per heavy atom. The lowest BCUT2D eigenvalue weighted by molar-refractivity contribution is -0.138. The molecule has 2 fully saturated rings. The Bertz CT molecular complexity index is 758. The van der Waals surface area contributed by atoms with Gasteiger partial charge in [-0.25, -0.2) is 0 Å². The van der Waals surface area contributed by atoms with Gasteiger partial charge >= 0.3 is 0 Å². The van der Waals surface area contributed by atoms with Gasteiger partial charge in [0.2, 0.25) is 11.8 Å². The minimum Gasteiger partial charge on any atom is -0.507 e. The third-order valence-electron chi connectivity index (χ3n) is 6.19. The van der Waals surface area contributed by atoms with Crippen LogP contribution in [0.1, 0.15) is 68.9 Å². The number of nitrogens with two attached hydrogens (primary N) is 1. The first kappa shape index (κ1) is 21.1. The van der Waals surface area contributed by atoms with E-state index in [1.807, 2.05) is 0 Å². The molecule has 1 aromatic carbocycles. The average molecular weight is 401 g/mol. The lowest BCUT2D eigenvalue weighted by Gasteiger charge is -2.26. The van der Waals surface area contributed by atoms with Crippen LogP contribution in [-0.4, -0.2) is 40.2 Å². The molecule has 1 atom stereocenters. The van der Waals surface area contributed by atoms with Gasteiger partial charge in [-0.1, -0.05) is 38.2 Å². The number of nitrogens with one attached hydrogen (secondary N) is 2. The molecule has 2 aliphatic rings. The summed E-state index contributed by atoms with van der Waals surface area (Å²) in [6.45, 7) is 0.904. The van der Waals surface area contributed by atoms with Crippen LogP contribution in [0.5, 0.6) is 5.75 Å². The number of aromatic hydroxyl groups is 1. The number of hydrogen-bond acceptors (Lipinski definition) is 4. The maximum Gasteiger partial charge on any atom is 0.243 e. The van der Waals surface area contributed by atoms with Crippen molar-refractivity contribution in [3.8, 4) is 5.75 Å². The highest BCUT2D eigenvalue weighted by Gasteiger charge is 2.33. The minimum atomic E-state index is -0.404. The largest absolute Gasteiger partial charge is 0.507 e. The van der Waals surface area contributed by atoms with Crippen LogP contribution < -0.4 is 11.1 Å². The summed E-state index contributed by atoms with van der Waals surface area (Å²) in [6.07, 6.45) is 9.33. The van der Waals surface area contributed by atoms with E-state index in [0.717, 1.165) is 12.8 Å². The first-order valence-corrected chi connectivity index (χ1v) is 10.7. The smallest absolute Gasteiger partial charge is 0.243 e. The van der Waals surface area contributed by atoms with Crippen molar-refractivity contribution in [2.45, 2.75) is 70.4 Å². The van der Waals surface area contributed by atoms with Crippen LogP contribution in [0.3, 0.4) is 0 Å². The summed E-state index contributed by atoms with van der Waals surface area (Å²) in [4.78, 5) is 27.1. The lowest BCUT2D eigenvalue weighted by atomic mass is 9.86. The van der Waals surface area contributed by atoms with Gasteiger partial charge in [-0.05, 0) is 42.9 Å². The Hall–Kier alpha value is -2.57. The lowest BCUT2D eigenvalue weighted by Crippen LogP contribution is -2.45. The molecule has 3 rings (SSSR count). The molecular formula is C22H32N4O3. The third-order valence-corrected chi connectivity index (χ3v) is 6.19. The quantitative estimate of drug-likeness (QED) is 0.415. The van der Waals surface area contributed by atoms with Crippen LogP contribution in [0.4, 0.5) is 0 Å². The Labute approximate surface area is 172 Å². The van der Waals surface area contributed by atoms with E-state index in [-0.39, 0.29) is 35.5 Å². The van der Waals surface area contributed by atoms with E-state index in [2.05, 4.69) is 5.32 Å². The van der Waals surface area contributed by atoms with Gasteiger partial charge in [0.25, 0.3) is 0 Å². The summed E-state index contributed by atoms with van der Waals surface area (Å²) in [7, 11) is 0. The van der Waals surface area contributed by atoms with E-state index in [0.29, 0.717) is 30.9 Å². The highest BCUT2D eigenvalue weighted by atomic mass is 16.3. The number of phenolic OH excluding ortho intramolecular Hbond substituents is 1. The minimum absolute atomic E-state index is 0.0790. The van der Waals surface area contributed by atoms with Gasteiger partial charge in [-0.3, -0.25) is 15.0 Å². The summed E-state index contributed by atoms with van der Waals surface area (Å²) in [5.74, 6) is 0.324. The summed E-state index contributed by atoms with van der Waals surface area (Å²) >= 11 is 0. The zero-order chi connectivity index (χ0) is 20.8. The number of hydrogen-bond donors (Lipinski definition) is 4. The normalized spacial score (nSPS) is 19.9. The second-order valence-corrected chi connectivity index (χ2v) is 8.27. The SMILES string of the molecule is N=C(N)c1ccc(CNC(=O)[C@@H]2CCCN2C(=O)CCC2CCCCC2)cc1O. The number of amides is 2. The molecule has 2 amide bonds. The van der Waals surface area contributed by atoms with E-state index in [4.69, 9.17) is 11.1 Å². The molecule has 1 aliphatic heterocycles. The number of carbonyl (C=O) groups excluding carboxylic acids is 2. The van der Waals surface area contributed by atoms with E-state index in [1.165, 1.54) is 38.2 Å². The summed E-state index contributed by atoms with van der Waals surface area (Å²) in [6, 6.07) is 4.38. The van der Waals surface area contributed by atoms with Crippen molar-refractivity contribution in [3.05, 3.63) is 29.3 Å². The average Bonchev–Trinajstić information content (AvgIpc) is 3.21. The molecule has 29 heavy (non-hydrogen) atoms. The highest BCUT2D eigenvalue weighted by molar-refractivity contribution is 5.97. The van der Waals surface area contributed by atoms with Gasteiger partial charge in [-0.2, -0.15) is 0 Å². The molecule has 1 saturated carbocycles. The fourth-order valence-electron chi connectivity index (χ4n) is 4.51. The standard InChI is InChI=1S/C22H32N4O3/c23-21(24)17-10-8-16(13-19(17)27)14-25-22(29)18-7-4-12-26(18)20(28)11-9-15-5-2-1-3-6-15/h8,10,13,15,18,27H,1-7,9,11-12,14H2,(H3,23,24)(H,25,29)/t18-/m0/s1. The number of likely N-dealkylation sites (tertiary alicyclic amines) is 1. The second kappa shape index (κ2) is 9.76. The molecule has 1 heterocycles. The first-order valence-electron chi connectivity index (χ1n) is 10.7. The topological polar surface area (TPSA) is 120 Å². The second-order valence-electron chi connectivity index (χ2n) is 8.27. The predicted octanol–water partition coefficient (Wildman–Crippen LogP) is 2.64. The number of amidine groups is 1. The van der Waals surface area contributed by atoms with Crippen LogP contribution in [0.25, 0.3) is 0 Å². The Balaban J connectivity index is 1.50. The maximum atomic E-state index is 12.7. The summed E-state index contributed by atoms with van der Waals surface area (Å²) in [5, 5.41) is 20.2. The zero-order valence-corrected chi connectivity index (χ0v) is 17.0. The fraction of sp³-hybridized carbons (Fsp3) is 0.591. The van der Waals surface area contributed by atoms with Gasteiger partial charge in [-0.15, -0.1) is 0 Å². The molecule has 7 heteroatoms. The van der Waals surface area contributed by atoms with Crippen LogP contribution in [0.15, 0.2) is 18.2 Å². The molecule has 1 aliphatic carbocycles. The zero-order valence-electron chi connectivity index (χ0n) is 17.0. The van der Waals surface area contributed by atoms with Gasteiger partial charge < -0.3 is 21.1 Å². The number of nitrogens with zero attached hydrogens (tertiary/aromatic N) is 1. The highest BCUT2D eigenvalue weighted by Crippen LogP contribution is 2.28. The van der Waals surface area contributed by atoms with Crippen molar-refractivity contribution in [1.29, 1.82) is 5.41 Å². The van der Waals surface area contributed by atoms with Gasteiger partial charge in [0.05, 0.1) is 5.56 Å². The molecule has 7 nitrogen and oxygen atoms in total. The van der Waals surface area contributed by atoms with Crippen molar-refractivity contribution in [2.75, 3.05) is 6.54 Å². The van der Waals surface area contributed by atoms with Gasteiger partial charge in [0.15, 0.2) is 0 Å². The van der Waals surface area contributed by atoms with Crippen molar-refractivity contribution in [2.24, 2.45) is 11.7 Å². The Kier molecular flexibility index (Phi) is 7.12. The number of benzene rings is 1. The molecule has 1 aromatic rings. The molecule has 0 radical (unpaired) electrons. The van der Waals surface area contributed by atoms with E-state index >= 15 is 0 Å². The maximum absolute atomic E-state index is 12.7. The first-order chi connectivity index (χ1) is 14.0. The number of nitrogen functional groups attached to an aromatic ring is 1. The van der Waals surface area contributed by atoms with E-state index < -0.39 is 6.04 Å². The molecule has 0 bridgehead atoms. The number of rotatable bonds is 7. The fourth-order valence-corrected chi connectivity index (χ4v) is 4.51. The third kappa shape index (κ3) is 5.49. The summed E-state index contributed by atoms with van der Waals surface area (Å²) < 4.78 is 0. The van der Waals surface area contributed by atoms with Crippen molar-refractivity contribution in [3.63, 3.8) is 0 Å². The Morgan fingerprint density at radius 3 is 2.62 bits per heavy atom. The number of phenols is 1. The van der Waals surface area contributed by atoms with Crippen LogP contribution in [0.2, 0.25) is 0 Å². The van der Waals surface area contributed by atoms with Crippen molar-refractivity contribution < 1.29 is 14.7 Å². The van der Waals surface area contributed by atoms with Gasteiger partial charge in [0, 0.05) is 19.5 Å².